The third-order valence-electron chi connectivity index (χ3n) is 1.21. The quantitative estimate of drug-likeness (QED) is 0.659. The van der Waals surface area contributed by atoms with E-state index in [0.717, 1.165) is 0 Å². The SMILES string of the molecule is [2H]c1c(Br)c(N=O)c(Br)c([2H])c1S(=O)(=O)O. The number of hydrogen-bond acceptors (Lipinski definition) is 4. The molecule has 8 heteroatoms. The van der Waals surface area contributed by atoms with Crippen LogP contribution in [0.2, 0.25) is 0 Å². The molecule has 0 heterocycles. The zero-order valence-electron chi connectivity index (χ0n) is 8.28. The summed E-state index contributed by atoms with van der Waals surface area (Å²) in [5.74, 6) is 0. The highest BCUT2D eigenvalue weighted by molar-refractivity contribution is 9.11. The number of halogens is 2. The highest BCUT2D eigenvalue weighted by atomic mass is 79.9. The lowest BCUT2D eigenvalue weighted by Gasteiger charge is -2.01. The van der Waals surface area contributed by atoms with Crippen LogP contribution in [0.25, 0.3) is 0 Å². The highest BCUT2D eigenvalue weighted by Gasteiger charge is 2.15. The fourth-order valence-electron chi connectivity index (χ4n) is 0.654. The van der Waals surface area contributed by atoms with E-state index in [0.29, 0.717) is 0 Å². The molecule has 14 heavy (non-hydrogen) atoms. The van der Waals surface area contributed by atoms with Gasteiger partial charge < -0.3 is 0 Å². The molecule has 0 unspecified atom stereocenters. The van der Waals surface area contributed by atoms with Crippen LogP contribution in [0.5, 0.6) is 0 Å². The summed E-state index contributed by atoms with van der Waals surface area (Å²) < 4.78 is 45.1. The summed E-state index contributed by atoms with van der Waals surface area (Å²) in [5.41, 5.74) is -0.303. The largest absolute Gasteiger partial charge is 0.294 e. The van der Waals surface area contributed by atoms with E-state index in [1.54, 1.807) is 0 Å². The molecular weight excluding hydrogens is 342 g/mol. The van der Waals surface area contributed by atoms with Crippen molar-refractivity contribution < 1.29 is 15.7 Å². The van der Waals surface area contributed by atoms with Gasteiger partial charge in [0.05, 0.1) is 7.64 Å². The zero-order chi connectivity index (χ0) is 12.7. The van der Waals surface area contributed by atoms with Crippen LogP contribution < -0.4 is 0 Å². The first-order valence-electron chi connectivity index (χ1n) is 4.00. The minimum Gasteiger partial charge on any atom is -0.282 e. The lowest BCUT2D eigenvalue weighted by atomic mass is 10.3. The molecule has 1 aromatic rings. The third kappa shape index (κ3) is 2.38. The Morgan fingerprint density at radius 1 is 1.36 bits per heavy atom. The average molecular weight is 347 g/mol. The normalized spacial score (nSPS) is 13.4. The Bertz CT molecular complexity index is 545. The third-order valence-corrected chi connectivity index (χ3v) is 3.08. The molecule has 1 N–H and O–H groups in total. The maximum atomic E-state index is 10.9. The molecular formula is C6H3Br2NO4S. The molecule has 5 nitrogen and oxygen atoms in total. The van der Waals surface area contributed by atoms with E-state index in [1.807, 2.05) is 0 Å². The Morgan fingerprint density at radius 2 is 1.79 bits per heavy atom. The van der Waals surface area contributed by atoms with Crippen molar-refractivity contribution in [2.24, 2.45) is 5.18 Å². The lowest BCUT2D eigenvalue weighted by Crippen LogP contribution is -1.97. The van der Waals surface area contributed by atoms with Gasteiger partial charge in [-0.3, -0.25) is 4.55 Å². The standard InChI is InChI=1S/C6H3Br2NO4S/c7-4-1-3(14(11,12)13)2-5(8)6(4)9-10/h1-2H,(H,11,12,13)/i1D,2D. The summed E-state index contributed by atoms with van der Waals surface area (Å²) in [6.07, 6.45) is 0. The Balaban J connectivity index is 3.89. The average Bonchev–Trinajstić information content (AvgIpc) is 2.14. The Morgan fingerprint density at radius 3 is 2.07 bits per heavy atom. The first-order chi connectivity index (χ1) is 7.21. The van der Waals surface area contributed by atoms with Gasteiger partial charge in [0.25, 0.3) is 10.1 Å². The molecule has 0 bridgehead atoms. The summed E-state index contributed by atoms with van der Waals surface area (Å²) in [6, 6.07) is -1.38. The van der Waals surface area contributed by atoms with Crippen molar-refractivity contribution in [3.8, 4) is 0 Å². The van der Waals surface area contributed by atoms with Gasteiger partial charge in [0, 0.05) is 8.95 Å². The fraction of sp³-hybridized carbons (Fsp3) is 0. The number of benzene rings is 1. The summed E-state index contributed by atoms with van der Waals surface area (Å²) in [4.78, 5) is 9.53. The van der Waals surface area contributed by atoms with Crippen LogP contribution in [0.3, 0.4) is 0 Å². The number of hydrogen-bond donors (Lipinski definition) is 1. The number of nitrogens with zero attached hydrogens (tertiary/aromatic N) is 1. The minimum absolute atomic E-state index is 0.210. The van der Waals surface area contributed by atoms with Crippen LogP contribution in [0.4, 0.5) is 5.69 Å². The molecule has 0 aliphatic carbocycles. The van der Waals surface area contributed by atoms with E-state index in [2.05, 4.69) is 37.0 Å². The van der Waals surface area contributed by atoms with E-state index in [4.69, 9.17) is 7.29 Å². The smallest absolute Gasteiger partial charge is 0.282 e. The maximum Gasteiger partial charge on any atom is 0.294 e. The van der Waals surface area contributed by atoms with Gasteiger partial charge >= 0.3 is 0 Å². The van der Waals surface area contributed by atoms with Crippen molar-refractivity contribution in [2.45, 2.75) is 4.90 Å². The molecule has 76 valence electrons. The van der Waals surface area contributed by atoms with Gasteiger partial charge in [-0.2, -0.15) is 8.42 Å². The Kier molecular flexibility index (Phi) is 2.59. The molecule has 0 radical (unpaired) electrons. The van der Waals surface area contributed by atoms with Gasteiger partial charge in [-0.25, -0.2) is 0 Å². The second-order valence-corrected chi connectivity index (χ2v) is 5.07. The first-order valence-corrected chi connectivity index (χ1v) is 6.03. The molecule has 0 fully saturated rings. The lowest BCUT2D eigenvalue weighted by molar-refractivity contribution is 0.483. The molecule has 0 atom stereocenters. The monoisotopic (exact) mass is 345 g/mol. The number of nitroso groups, excluding NO2 is 1. The van der Waals surface area contributed by atoms with Crippen molar-refractivity contribution in [3.05, 3.63) is 25.9 Å². The van der Waals surface area contributed by atoms with Gasteiger partial charge in [0.2, 0.25) is 0 Å². The molecule has 0 saturated heterocycles. The summed E-state index contributed by atoms with van der Waals surface area (Å²) in [7, 11) is -4.71. The molecule has 1 rings (SSSR count). The van der Waals surface area contributed by atoms with Gasteiger partial charge in [-0.1, -0.05) is 0 Å². The maximum absolute atomic E-state index is 10.9. The van der Waals surface area contributed by atoms with Crippen molar-refractivity contribution in [2.75, 3.05) is 0 Å². The fourth-order valence-corrected chi connectivity index (χ4v) is 2.58. The first kappa shape index (κ1) is 8.96. The molecule has 0 amide bonds. The van der Waals surface area contributed by atoms with Crippen LogP contribution in [0.15, 0.2) is 31.1 Å². The zero-order valence-corrected chi connectivity index (χ0v) is 10.3. The second kappa shape index (κ2) is 4.05. The number of rotatable bonds is 2. The van der Waals surface area contributed by atoms with Crippen LogP contribution in [-0.4, -0.2) is 13.0 Å². The molecule has 0 aliphatic heterocycles. The minimum atomic E-state index is -4.71. The topological polar surface area (TPSA) is 83.8 Å². The Labute approximate surface area is 99.3 Å². The summed E-state index contributed by atoms with van der Waals surface area (Å²) in [6.45, 7) is 0. The predicted octanol–water partition coefficient (Wildman–Crippen LogP) is 2.86. The van der Waals surface area contributed by atoms with Crippen LogP contribution >= 0.6 is 31.9 Å². The van der Waals surface area contributed by atoms with Gasteiger partial charge in [-0.15, -0.1) is 4.91 Å². The van der Waals surface area contributed by atoms with E-state index in [9.17, 15) is 13.3 Å². The van der Waals surface area contributed by atoms with Crippen molar-refractivity contribution in [3.63, 3.8) is 0 Å². The highest BCUT2D eigenvalue weighted by Crippen LogP contribution is 2.35. The Hall–Kier alpha value is -0.310. The van der Waals surface area contributed by atoms with Crippen molar-refractivity contribution in [1.29, 1.82) is 0 Å². The van der Waals surface area contributed by atoms with Crippen LogP contribution in [0.1, 0.15) is 2.74 Å². The van der Waals surface area contributed by atoms with E-state index in [1.165, 1.54) is 0 Å². The van der Waals surface area contributed by atoms with Crippen LogP contribution in [-0.2, 0) is 10.1 Å². The van der Waals surface area contributed by atoms with E-state index in [-0.39, 0.29) is 14.6 Å². The summed E-state index contributed by atoms with van der Waals surface area (Å²) in [5, 5.41) is 2.55. The predicted molar refractivity (Wildman–Crippen MR) is 57.1 cm³/mol. The van der Waals surface area contributed by atoms with E-state index < -0.39 is 27.1 Å². The van der Waals surface area contributed by atoms with Gasteiger partial charge in [-0.05, 0) is 49.1 Å². The van der Waals surface area contributed by atoms with Crippen molar-refractivity contribution in [1.82, 2.24) is 0 Å². The molecule has 1 aromatic carbocycles. The van der Waals surface area contributed by atoms with Crippen molar-refractivity contribution >= 4 is 47.7 Å². The van der Waals surface area contributed by atoms with Gasteiger partial charge in [0.15, 0.2) is 0 Å². The van der Waals surface area contributed by atoms with Gasteiger partial charge in [0.1, 0.15) is 5.69 Å². The molecule has 0 aliphatic rings. The molecule has 0 saturated carbocycles. The summed E-state index contributed by atoms with van der Waals surface area (Å²) >= 11 is 5.60. The molecule has 0 aromatic heterocycles. The van der Waals surface area contributed by atoms with Crippen LogP contribution in [0, 0.1) is 4.91 Å². The second-order valence-electron chi connectivity index (χ2n) is 2.12. The van der Waals surface area contributed by atoms with E-state index >= 15 is 0 Å². The molecule has 0 spiro atoms.